The first-order valence-electron chi connectivity index (χ1n) is 5.88. The van der Waals surface area contributed by atoms with E-state index in [1.165, 1.54) is 12.1 Å². The first kappa shape index (κ1) is 14.2. The molecular formula is C15H14BrF2N. The molecule has 0 saturated carbocycles. The van der Waals surface area contributed by atoms with Gasteiger partial charge in [-0.2, -0.15) is 0 Å². The third kappa shape index (κ3) is 2.55. The van der Waals surface area contributed by atoms with Crippen LogP contribution < -0.4 is 5.73 Å². The summed E-state index contributed by atoms with van der Waals surface area (Å²) in [5.74, 6) is -1.28. The summed E-state index contributed by atoms with van der Waals surface area (Å²) in [5.41, 5.74) is 8.68. The van der Waals surface area contributed by atoms with Crippen molar-refractivity contribution in [3.05, 3.63) is 68.7 Å². The van der Waals surface area contributed by atoms with Crippen molar-refractivity contribution in [2.75, 3.05) is 0 Å². The molecule has 0 fully saturated rings. The van der Waals surface area contributed by atoms with Gasteiger partial charge >= 0.3 is 0 Å². The van der Waals surface area contributed by atoms with Crippen LogP contribution in [0.4, 0.5) is 8.78 Å². The van der Waals surface area contributed by atoms with Crippen LogP contribution in [0.3, 0.4) is 0 Å². The molecule has 1 nitrogen and oxygen atoms in total. The molecule has 2 aromatic rings. The number of benzene rings is 2. The van der Waals surface area contributed by atoms with E-state index in [1.54, 1.807) is 6.07 Å². The van der Waals surface area contributed by atoms with Gasteiger partial charge in [0.05, 0.1) is 10.5 Å². The number of halogens is 3. The highest BCUT2D eigenvalue weighted by molar-refractivity contribution is 9.10. The summed E-state index contributed by atoms with van der Waals surface area (Å²) in [4.78, 5) is 0. The Morgan fingerprint density at radius 3 is 2.47 bits per heavy atom. The minimum absolute atomic E-state index is 0.108. The fraction of sp³-hybridized carbons (Fsp3) is 0.200. The van der Waals surface area contributed by atoms with Gasteiger partial charge in [-0.15, -0.1) is 0 Å². The SMILES string of the molecule is Cc1cccc(C(N)c2c(F)ccc(Br)c2F)c1C. The van der Waals surface area contributed by atoms with Gasteiger partial charge in [-0.05, 0) is 58.6 Å². The van der Waals surface area contributed by atoms with Gasteiger partial charge in [0.1, 0.15) is 11.6 Å². The predicted molar refractivity (Wildman–Crippen MR) is 76.0 cm³/mol. The Morgan fingerprint density at radius 2 is 1.79 bits per heavy atom. The quantitative estimate of drug-likeness (QED) is 0.814. The van der Waals surface area contributed by atoms with Crippen LogP contribution in [0.25, 0.3) is 0 Å². The molecule has 2 rings (SSSR count). The zero-order valence-corrected chi connectivity index (χ0v) is 12.3. The predicted octanol–water partition coefficient (Wildman–Crippen LogP) is 4.39. The van der Waals surface area contributed by atoms with Gasteiger partial charge in [0, 0.05) is 5.56 Å². The number of nitrogens with two attached hydrogens (primary N) is 1. The molecule has 0 aliphatic rings. The Balaban J connectivity index is 2.59. The third-order valence-electron chi connectivity index (χ3n) is 3.37. The molecule has 1 atom stereocenters. The molecule has 0 aliphatic carbocycles. The summed E-state index contributed by atoms with van der Waals surface area (Å²) in [6, 6.07) is 7.31. The van der Waals surface area contributed by atoms with Crippen LogP contribution in [-0.4, -0.2) is 0 Å². The maximum Gasteiger partial charge on any atom is 0.145 e. The van der Waals surface area contributed by atoms with E-state index in [2.05, 4.69) is 15.9 Å². The fourth-order valence-electron chi connectivity index (χ4n) is 2.09. The third-order valence-corrected chi connectivity index (χ3v) is 3.98. The lowest BCUT2D eigenvalue weighted by atomic mass is 9.93. The van der Waals surface area contributed by atoms with Gasteiger partial charge in [0.15, 0.2) is 0 Å². The molecule has 0 aliphatic heterocycles. The minimum Gasteiger partial charge on any atom is -0.320 e. The first-order valence-corrected chi connectivity index (χ1v) is 6.68. The van der Waals surface area contributed by atoms with Crippen molar-refractivity contribution in [1.29, 1.82) is 0 Å². The molecule has 4 heteroatoms. The van der Waals surface area contributed by atoms with E-state index < -0.39 is 17.7 Å². The zero-order chi connectivity index (χ0) is 14.2. The first-order chi connectivity index (χ1) is 8.93. The van der Waals surface area contributed by atoms with Gasteiger partial charge in [0.25, 0.3) is 0 Å². The number of hydrogen-bond acceptors (Lipinski definition) is 1. The van der Waals surface area contributed by atoms with Crippen LogP contribution in [0.5, 0.6) is 0 Å². The summed E-state index contributed by atoms with van der Waals surface area (Å²) < 4.78 is 28.1. The summed E-state index contributed by atoms with van der Waals surface area (Å²) in [7, 11) is 0. The lowest BCUT2D eigenvalue weighted by Gasteiger charge is -2.18. The van der Waals surface area contributed by atoms with Crippen molar-refractivity contribution in [1.82, 2.24) is 0 Å². The molecule has 0 bridgehead atoms. The smallest absolute Gasteiger partial charge is 0.145 e. The van der Waals surface area contributed by atoms with E-state index in [0.717, 1.165) is 16.7 Å². The summed E-state index contributed by atoms with van der Waals surface area (Å²) in [5, 5.41) is 0. The van der Waals surface area contributed by atoms with Crippen molar-refractivity contribution in [2.24, 2.45) is 5.73 Å². The molecule has 100 valence electrons. The average molecular weight is 326 g/mol. The van der Waals surface area contributed by atoms with Crippen LogP contribution in [-0.2, 0) is 0 Å². The largest absolute Gasteiger partial charge is 0.320 e. The van der Waals surface area contributed by atoms with E-state index in [9.17, 15) is 8.78 Å². The number of hydrogen-bond donors (Lipinski definition) is 1. The van der Waals surface area contributed by atoms with Crippen LogP contribution in [0.1, 0.15) is 28.3 Å². The highest BCUT2D eigenvalue weighted by atomic mass is 79.9. The van der Waals surface area contributed by atoms with E-state index >= 15 is 0 Å². The van der Waals surface area contributed by atoms with Gasteiger partial charge in [-0.1, -0.05) is 18.2 Å². The van der Waals surface area contributed by atoms with Crippen LogP contribution >= 0.6 is 15.9 Å². The molecule has 2 aromatic carbocycles. The van der Waals surface area contributed by atoms with Crippen molar-refractivity contribution >= 4 is 15.9 Å². The zero-order valence-electron chi connectivity index (χ0n) is 10.7. The van der Waals surface area contributed by atoms with Gasteiger partial charge in [0.2, 0.25) is 0 Å². The molecule has 2 N–H and O–H groups in total. The van der Waals surface area contributed by atoms with Crippen LogP contribution in [0.15, 0.2) is 34.8 Å². The van der Waals surface area contributed by atoms with Crippen molar-refractivity contribution in [3.8, 4) is 0 Å². The normalized spacial score (nSPS) is 12.5. The van der Waals surface area contributed by atoms with E-state index in [0.29, 0.717) is 0 Å². The summed E-state index contributed by atoms with van der Waals surface area (Å²) in [6.07, 6.45) is 0. The Bertz CT molecular complexity index is 626. The number of rotatable bonds is 2. The summed E-state index contributed by atoms with van der Waals surface area (Å²) in [6.45, 7) is 3.84. The Labute approximate surface area is 119 Å². The Morgan fingerprint density at radius 1 is 1.11 bits per heavy atom. The molecule has 0 radical (unpaired) electrons. The van der Waals surface area contributed by atoms with Gasteiger partial charge in [-0.25, -0.2) is 8.78 Å². The monoisotopic (exact) mass is 325 g/mol. The Hall–Kier alpha value is -1.26. The van der Waals surface area contributed by atoms with E-state index in [4.69, 9.17) is 5.73 Å². The number of aryl methyl sites for hydroxylation is 1. The van der Waals surface area contributed by atoms with Crippen molar-refractivity contribution < 1.29 is 8.78 Å². The lowest BCUT2D eigenvalue weighted by Crippen LogP contribution is -2.17. The lowest BCUT2D eigenvalue weighted by molar-refractivity contribution is 0.539. The van der Waals surface area contributed by atoms with E-state index in [-0.39, 0.29) is 10.0 Å². The Kier molecular flexibility index (Phi) is 4.02. The van der Waals surface area contributed by atoms with E-state index in [1.807, 2.05) is 26.0 Å². The fourth-order valence-corrected chi connectivity index (χ4v) is 2.44. The molecule has 0 aromatic heterocycles. The molecule has 1 unspecified atom stereocenters. The minimum atomic E-state index is -0.822. The van der Waals surface area contributed by atoms with Gasteiger partial charge < -0.3 is 5.73 Å². The van der Waals surface area contributed by atoms with Crippen molar-refractivity contribution in [2.45, 2.75) is 19.9 Å². The van der Waals surface area contributed by atoms with Gasteiger partial charge in [-0.3, -0.25) is 0 Å². The molecule has 0 amide bonds. The second-order valence-corrected chi connectivity index (χ2v) is 5.38. The average Bonchev–Trinajstić information content (AvgIpc) is 2.37. The molecule has 0 spiro atoms. The molecule has 0 saturated heterocycles. The topological polar surface area (TPSA) is 26.0 Å². The summed E-state index contributed by atoms with van der Waals surface area (Å²) >= 11 is 3.06. The highest BCUT2D eigenvalue weighted by Gasteiger charge is 2.21. The maximum atomic E-state index is 14.1. The standard InChI is InChI=1S/C15H14BrF2N/c1-8-4-3-5-10(9(8)2)15(19)13-12(17)7-6-11(16)14(13)18/h3-7,15H,19H2,1-2H3. The molecule has 0 heterocycles. The molecule has 19 heavy (non-hydrogen) atoms. The second kappa shape index (κ2) is 5.39. The second-order valence-electron chi connectivity index (χ2n) is 4.52. The molecular weight excluding hydrogens is 312 g/mol. The van der Waals surface area contributed by atoms with Crippen molar-refractivity contribution in [3.63, 3.8) is 0 Å². The van der Waals surface area contributed by atoms with Crippen LogP contribution in [0.2, 0.25) is 0 Å². The maximum absolute atomic E-state index is 14.1. The highest BCUT2D eigenvalue weighted by Crippen LogP contribution is 2.31. The van der Waals surface area contributed by atoms with Crippen LogP contribution in [0, 0.1) is 25.5 Å².